The third-order valence-electron chi connectivity index (χ3n) is 3.85. The Kier molecular flexibility index (Phi) is 5.09. The number of carbonyl (C=O) groups is 2. The van der Waals surface area contributed by atoms with E-state index in [1.165, 1.54) is 25.3 Å². The van der Waals surface area contributed by atoms with Crippen LogP contribution in [0.3, 0.4) is 0 Å². The van der Waals surface area contributed by atoms with E-state index in [1.807, 2.05) is 0 Å². The predicted molar refractivity (Wildman–Crippen MR) is 100 cm³/mol. The zero-order valence-corrected chi connectivity index (χ0v) is 14.9. The lowest BCUT2D eigenvalue weighted by molar-refractivity contribution is -0.116. The highest BCUT2D eigenvalue weighted by atomic mass is 35.5. The van der Waals surface area contributed by atoms with E-state index < -0.39 is 29.7 Å². The summed E-state index contributed by atoms with van der Waals surface area (Å²) in [5.74, 6) is -1.27. The summed E-state index contributed by atoms with van der Waals surface area (Å²) in [5, 5.41) is 2.99. The molecule has 2 N–H and O–H groups in total. The number of anilines is 1. The third-order valence-corrected chi connectivity index (χ3v) is 4.18. The van der Waals surface area contributed by atoms with Gasteiger partial charge < -0.3 is 15.0 Å². The van der Waals surface area contributed by atoms with Crippen molar-refractivity contribution < 1.29 is 14.3 Å². The molecule has 2 aromatic carbocycles. The lowest BCUT2D eigenvalue weighted by atomic mass is 10.2. The fourth-order valence-corrected chi connectivity index (χ4v) is 2.75. The molecule has 27 heavy (non-hydrogen) atoms. The first-order valence-electron chi connectivity index (χ1n) is 7.80. The summed E-state index contributed by atoms with van der Waals surface area (Å²) in [6.07, 6.45) is 0. The lowest BCUT2D eigenvalue weighted by Crippen LogP contribution is -2.38. The van der Waals surface area contributed by atoms with Crippen molar-refractivity contribution in [3.05, 3.63) is 73.9 Å². The van der Waals surface area contributed by atoms with Crippen molar-refractivity contribution in [3.8, 4) is 0 Å². The van der Waals surface area contributed by atoms with Crippen LogP contribution < -0.4 is 16.6 Å². The minimum absolute atomic E-state index is 0.0812. The van der Waals surface area contributed by atoms with E-state index in [2.05, 4.69) is 15.0 Å². The zero-order chi connectivity index (χ0) is 19.6. The SMILES string of the molecule is COC(=O)c1cc(NC(=O)Cn2c(=O)[nH]c3ccccc3c2=O)ccc1Cl. The Hall–Kier alpha value is -3.39. The van der Waals surface area contributed by atoms with Crippen molar-refractivity contribution in [2.75, 3.05) is 12.4 Å². The normalized spacial score (nSPS) is 10.6. The number of para-hydroxylation sites is 1. The van der Waals surface area contributed by atoms with Gasteiger partial charge in [0.1, 0.15) is 6.54 Å². The number of benzene rings is 2. The molecule has 0 saturated heterocycles. The summed E-state index contributed by atoms with van der Waals surface area (Å²) in [6, 6.07) is 10.8. The number of halogens is 1. The second kappa shape index (κ2) is 7.46. The Labute approximate surface area is 157 Å². The van der Waals surface area contributed by atoms with Crippen molar-refractivity contribution in [2.45, 2.75) is 6.54 Å². The minimum atomic E-state index is -0.694. The van der Waals surface area contributed by atoms with Crippen LogP contribution in [0.25, 0.3) is 10.9 Å². The van der Waals surface area contributed by atoms with E-state index in [9.17, 15) is 19.2 Å². The molecule has 0 atom stereocenters. The van der Waals surface area contributed by atoms with Gasteiger partial charge in [0.15, 0.2) is 0 Å². The molecular weight excluding hydrogens is 374 g/mol. The van der Waals surface area contributed by atoms with Gasteiger partial charge in [-0.15, -0.1) is 0 Å². The average Bonchev–Trinajstić information content (AvgIpc) is 2.66. The van der Waals surface area contributed by atoms with E-state index in [1.54, 1.807) is 24.3 Å². The van der Waals surface area contributed by atoms with Gasteiger partial charge in [-0.05, 0) is 30.3 Å². The number of nitrogens with zero attached hydrogens (tertiary/aromatic N) is 1. The molecule has 3 aromatic rings. The number of ether oxygens (including phenoxy) is 1. The van der Waals surface area contributed by atoms with Crippen LogP contribution in [0.5, 0.6) is 0 Å². The second-order valence-electron chi connectivity index (χ2n) is 5.60. The molecule has 0 bridgehead atoms. The predicted octanol–water partition coefficient (Wildman–Crippen LogP) is 1.77. The molecule has 8 nitrogen and oxygen atoms in total. The molecule has 9 heteroatoms. The van der Waals surface area contributed by atoms with Gasteiger partial charge in [-0.25, -0.2) is 9.59 Å². The fraction of sp³-hybridized carbons (Fsp3) is 0.111. The maximum atomic E-state index is 12.4. The molecule has 3 rings (SSSR count). The van der Waals surface area contributed by atoms with Gasteiger partial charge >= 0.3 is 11.7 Å². The zero-order valence-electron chi connectivity index (χ0n) is 14.1. The Morgan fingerprint density at radius 1 is 1.19 bits per heavy atom. The summed E-state index contributed by atoms with van der Waals surface area (Å²) in [7, 11) is 1.21. The third kappa shape index (κ3) is 3.75. The van der Waals surface area contributed by atoms with E-state index in [4.69, 9.17) is 11.6 Å². The van der Waals surface area contributed by atoms with Gasteiger partial charge in [-0.3, -0.25) is 14.2 Å². The largest absolute Gasteiger partial charge is 0.465 e. The van der Waals surface area contributed by atoms with Crippen LogP contribution in [-0.4, -0.2) is 28.5 Å². The Morgan fingerprint density at radius 2 is 1.93 bits per heavy atom. The van der Waals surface area contributed by atoms with Crippen LogP contribution in [0, 0.1) is 0 Å². The number of carbonyl (C=O) groups excluding carboxylic acids is 2. The summed E-state index contributed by atoms with van der Waals surface area (Å²) >= 11 is 5.93. The summed E-state index contributed by atoms with van der Waals surface area (Å²) in [4.78, 5) is 51.1. The molecular formula is C18H14ClN3O5. The van der Waals surface area contributed by atoms with Crippen LogP contribution in [0.2, 0.25) is 5.02 Å². The van der Waals surface area contributed by atoms with Gasteiger partial charge in [0.05, 0.1) is 28.6 Å². The number of H-pyrrole nitrogens is 1. The number of nitrogens with one attached hydrogen (secondary N) is 2. The quantitative estimate of drug-likeness (QED) is 0.663. The molecule has 0 aliphatic rings. The molecule has 0 aliphatic heterocycles. The topological polar surface area (TPSA) is 110 Å². The molecule has 1 amide bonds. The molecule has 0 saturated carbocycles. The summed E-state index contributed by atoms with van der Waals surface area (Å²) < 4.78 is 5.42. The van der Waals surface area contributed by atoms with Crippen molar-refractivity contribution in [2.24, 2.45) is 0 Å². The van der Waals surface area contributed by atoms with Crippen LogP contribution in [0.15, 0.2) is 52.1 Å². The van der Waals surface area contributed by atoms with E-state index in [0.717, 1.165) is 4.57 Å². The van der Waals surface area contributed by atoms with Gasteiger partial charge in [0.2, 0.25) is 5.91 Å². The monoisotopic (exact) mass is 387 g/mol. The molecule has 0 fully saturated rings. The Balaban J connectivity index is 1.87. The standard InChI is InChI=1S/C18H14ClN3O5/c1-27-17(25)12-8-10(6-7-13(12)19)20-15(23)9-22-16(24)11-4-2-3-5-14(11)21-18(22)26/h2-8H,9H2,1H3,(H,20,23)(H,21,26). The second-order valence-corrected chi connectivity index (χ2v) is 6.01. The average molecular weight is 388 g/mol. The first kappa shape index (κ1) is 18.4. The molecule has 1 aromatic heterocycles. The van der Waals surface area contributed by atoms with Crippen molar-refractivity contribution in [1.29, 1.82) is 0 Å². The molecule has 138 valence electrons. The number of esters is 1. The van der Waals surface area contributed by atoms with E-state index in [-0.39, 0.29) is 16.3 Å². The number of hydrogen-bond acceptors (Lipinski definition) is 5. The number of aromatic amines is 1. The molecule has 0 aliphatic carbocycles. The lowest BCUT2D eigenvalue weighted by Gasteiger charge is -2.09. The van der Waals surface area contributed by atoms with Crippen LogP contribution >= 0.6 is 11.6 Å². The minimum Gasteiger partial charge on any atom is -0.465 e. The van der Waals surface area contributed by atoms with Gasteiger partial charge in [0, 0.05) is 5.69 Å². The number of rotatable bonds is 4. The molecule has 0 unspecified atom stereocenters. The summed E-state index contributed by atoms with van der Waals surface area (Å²) in [5.41, 5.74) is -0.520. The van der Waals surface area contributed by atoms with Crippen LogP contribution in [0.1, 0.15) is 10.4 Å². The van der Waals surface area contributed by atoms with Crippen molar-refractivity contribution in [3.63, 3.8) is 0 Å². The molecule has 0 spiro atoms. The number of methoxy groups -OCH3 is 1. The van der Waals surface area contributed by atoms with E-state index in [0.29, 0.717) is 10.9 Å². The van der Waals surface area contributed by atoms with Crippen molar-refractivity contribution in [1.82, 2.24) is 9.55 Å². The highest BCUT2D eigenvalue weighted by molar-refractivity contribution is 6.33. The first-order chi connectivity index (χ1) is 12.9. The van der Waals surface area contributed by atoms with Gasteiger partial charge in [-0.1, -0.05) is 23.7 Å². The Morgan fingerprint density at radius 3 is 2.67 bits per heavy atom. The number of amides is 1. The van der Waals surface area contributed by atoms with Gasteiger partial charge in [0.25, 0.3) is 5.56 Å². The maximum absolute atomic E-state index is 12.4. The molecule has 1 heterocycles. The number of aromatic nitrogens is 2. The van der Waals surface area contributed by atoms with Crippen LogP contribution in [0.4, 0.5) is 5.69 Å². The first-order valence-corrected chi connectivity index (χ1v) is 8.18. The van der Waals surface area contributed by atoms with Crippen LogP contribution in [-0.2, 0) is 16.1 Å². The van der Waals surface area contributed by atoms with Gasteiger partial charge in [-0.2, -0.15) is 0 Å². The summed E-state index contributed by atoms with van der Waals surface area (Å²) in [6.45, 7) is -0.491. The van der Waals surface area contributed by atoms with Crippen molar-refractivity contribution >= 4 is 40.1 Å². The number of fused-ring (bicyclic) bond motifs is 1. The number of hydrogen-bond donors (Lipinski definition) is 2. The Bertz CT molecular complexity index is 1170. The highest BCUT2D eigenvalue weighted by Crippen LogP contribution is 2.21. The van der Waals surface area contributed by atoms with E-state index >= 15 is 0 Å². The fourth-order valence-electron chi connectivity index (χ4n) is 2.56. The maximum Gasteiger partial charge on any atom is 0.339 e. The smallest absolute Gasteiger partial charge is 0.339 e. The highest BCUT2D eigenvalue weighted by Gasteiger charge is 2.14. The molecule has 0 radical (unpaired) electrons.